The summed E-state index contributed by atoms with van der Waals surface area (Å²) >= 11 is 6.15. The second kappa shape index (κ2) is 7.24. The first kappa shape index (κ1) is 16.8. The van der Waals surface area contributed by atoms with Gasteiger partial charge in [-0.15, -0.1) is 0 Å². The predicted octanol–water partition coefficient (Wildman–Crippen LogP) is 4.60. The third-order valence-electron chi connectivity index (χ3n) is 4.26. The van der Waals surface area contributed by atoms with Gasteiger partial charge in [0.15, 0.2) is 0 Å². The van der Waals surface area contributed by atoms with Gasteiger partial charge in [0.1, 0.15) is 18.1 Å². The summed E-state index contributed by atoms with van der Waals surface area (Å²) in [4.78, 5) is 8.05. The van der Waals surface area contributed by atoms with E-state index in [9.17, 15) is 0 Å². The molecule has 0 aliphatic rings. The van der Waals surface area contributed by atoms with E-state index >= 15 is 0 Å². The fraction of sp³-hybridized carbons (Fsp3) is 0.316. The molecule has 0 amide bonds. The lowest BCUT2D eigenvalue weighted by molar-refractivity contribution is 0.202. The minimum atomic E-state index is 0.365. The van der Waals surface area contributed by atoms with Gasteiger partial charge in [0.2, 0.25) is 0 Å². The number of hydrogen-bond donors (Lipinski definition) is 1. The van der Waals surface area contributed by atoms with Crippen molar-refractivity contribution in [3.63, 3.8) is 0 Å². The quantitative estimate of drug-likeness (QED) is 0.710. The van der Waals surface area contributed by atoms with Crippen LogP contribution in [-0.2, 0) is 17.8 Å². The van der Waals surface area contributed by atoms with E-state index in [1.807, 2.05) is 30.5 Å². The standard InChI is InChI=1S/C19H21ClN2O2/c1-12-13(2)22-19-16(11-24-17-7-5-4-6-15(17)20)21-10-14(18(12)19)8-9-23-3/h4-7,10,22H,8-9,11H2,1-3H3. The summed E-state index contributed by atoms with van der Waals surface area (Å²) in [6.07, 6.45) is 2.76. The fourth-order valence-electron chi connectivity index (χ4n) is 2.84. The second-order valence-electron chi connectivity index (χ2n) is 5.82. The number of H-pyrrole nitrogens is 1. The number of hydrogen-bond acceptors (Lipinski definition) is 3. The molecule has 1 N–H and O–H groups in total. The maximum atomic E-state index is 6.15. The number of aromatic amines is 1. The minimum absolute atomic E-state index is 0.365. The van der Waals surface area contributed by atoms with Gasteiger partial charge in [-0.3, -0.25) is 4.98 Å². The Kier molecular flexibility index (Phi) is 5.07. The van der Waals surface area contributed by atoms with Gasteiger partial charge in [0, 0.05) is 24.4 Å². The molecule has 0 aliphatic heterocycles. The number of aromatic nitrogens is 2. The van der Waals surface area contributed by atoms with Crippen LogP contribution in [0.15, 0.2) is 30.5 Å². The van der Waals surface area contributed by atoms with Crippen LogP contribution >= 0.6 is 11.6 Å². The van der Waals surface area contributed by atoms with Crippen LogP contribution in [0, 0.1) is 13.8 Å². The number of ether oxygens (including phenoxy) is 2. The van der Waals surface area contributed by atoms with Crippen molar-refractivity contribution in [3.8, 4) is 5.75 Å². The van der Waals surface area contributed by atoms with Crippen LogP contribution in [0.1, 0.15) is 22.5 Å². The van der Waals surface area contributed by atoms with Gasteiger partial charge in [-0.25, -0.2) is 0 Å². The number of fused-ring (bicyclic) bond motifs is 1. The number of methoxy groups -OCH3 is 1. The van der Waals surface area contributed by atoms with Crippen LogP contribution in [0.4, 0.5) is 0 Å². The van der Waals surface area contributed by atoms with E-state index in [2.05, 4.69) is 23.8 Å². The Bertz CT molecular complexity index is 858. The molecule has 0 bridgehead atoms. The zero-order valence-electron chi connectivity index (χ0n) is 14.1. The molecule has 0 spiro atoms. The van der Waals surface area contributed by atoms with E-state index in [1.54, 1.807) is 7.11 Å². The van der Waals surface area contributed by atoms with Gasteiger partial charge in [0.05, 0.1) is 17.1 Å². The van der Waals surface area contributed by atoms with Crippen molar-refractivity contribution >= 4 is 22.5 Å². The SMILES string of the molecule is COCCc1cnc(COc2ccccc2Cl)c2[nH]c(C)c(C)c12. The molecule has 126 valence electrons. The third kappa shape index (κ3) is 3.25. The first-order chi connectivity index (χ1) is 11.6. The van der Waals surface area contributed by atoms with Gasteiger partial charge >= 0.3 is 0 Å². The Morgan fingerprint density at radius 1 is 1.21 bits per heavy atom. The van der Waals surface area contributed by atoms with Crippen molar-refractivity contribution in [3.05, 3.63) is 58.0 Å². The first-order valence-electron chi connectivity index (χ1n) is 7.93. The van der Waals surface area contributed by atoms with Gasteiger partial charge in [0.25, 0.3) is 0 Å². The van der Waals surface area contributed by atoms with Crippen molar-refractivity contribution in [2.75, 3.05) is 13.7 Å². The van der Waals surface area contributed by atoms with E-state index in [1.165, 1.54) is 16.5 Å². The van der Waals surface area contributed by atoms with Gasteiger partial charge in [-0.05, 0) is 43.5 Å². The van der Waals surface area contributed by atoms with Gasteiger partial charge in [-0.2, -0.15) is 0 Å². The van der Waals surface area contributed by atoms with Crippen LogP contribution in [0.2, 0.25) is 5.02 Å². The summed E-state index contributed by atoms with van der Waals surface area (Å²) in [5.41, 5.74) is 5.50. The number of nitrogens with one attached hydrogen (secondary N) is 1. The van der Waals surface area contributed by atoms with Gasteiger partial charge in [-0.1, -0.05) is 23.7 Å². The minimum Gasteiger partial charge on any atom is -0.486 e. The highest BCUT2D eigenvalue weighted by molar-refractivity contribution is 6.32. The molecule has 5 heteroatoms. The van der Waals surface area contributed by atoms with E-state index in [4.69, 9.17) is 21.1 Å². The molecule has 2 aromatic heterocycles. The summed E-state index contributed by atoms with van der Waals surface area (Å²) in [5.74, 6) is 0.664. The molecular formula is C19H21ClN2O2. The number of rotatable bonds is 6. The van der Waals surface area contributed by atoms with Crippen molar-refractivity contribution in [1.82, 2.24) is 9.97 Å². The smallest absolute Gasteiger partial charge is 0.138 e. The van der Waals surface area contributed by atoms with Gasteiger partial charge < -0.3 is 14.5 Å². The van der Waals surface area contributed by atoms with Crippen molar-refractivity contribution < 1.29 is 9.47 Å². The van der Waals surface area contributed by atoms with E-state index in [-0.39, 0.29) is 0 Å². The lowest BCUT2D eigenvalue weighted by Crippen LogP contribution is -2.03. The summed E-state index contributed by atoms with van der Waals surface area (Å²) < 4.78 is 11.1. The largest absolute Gasteiger partial charge is 0.486 e. The van der Waals surface area contributed by atoms with Crippen LogP contribution in [0.3, 0.4) is 0 Å². The predicted molar refractivity (Wildman–Crippen MR) is 96.9 cm³/mol. The number of aryl methyl sites for hydroxylation is 2. The average molecular weight is 345 g/mol. The Morgan fingerprint density at radius 3 is 2.75 bits per heavy atom. The fourth-order valence-corrected chi connectivity index (χ4v) is 3.03. The molecule has 0 fully saturated rings. The Labute approximate surface area is 146 Å². The molecule has 3 rings (SSSR count). The molecule has 0 unspecified atom stereocenters. The maximum absolute atomic E-state index is 6.15. The summed E-state index contributed by atoms with van der Waals surface area (Å²) in [5, 5.41) is 1.82. The zero-order valence-corrected chi connectivity index (χ0v) is 14.9. The van der Waals surface area contributed by atoms with Crippen molar-refractivity contribution in [2.24, 2.45) is 0 Å². The highest BCUT2D eigenvalue weighted by Crippen LogP contribution is 2.29. The molecule has 0 saturated carbocycles. The molecule has 0 aliphatic carbocycles. The number of nitrogens with zero attached hydrogens (tertiary/aromatic N) is 1. The zero-order chi connectivity index (χ0) is 17.1. The summed E-state index contributed by atoms with van der Waals surface area (Å²) in [7, 11) is 1.71. The molecule has 0 atom stereocenters. The second-order valence-corrected chi connectivity index (χ2v) is 6.22. The van der Waals surface area contributed by atoms with E-state index in [0.29, 0.717) is 24.0 Å². The molecule has 0 saturated heterocycles. The monoisotopic (exact) mass is 344 g/mol. The van der Waals surface area contributed by atoms with E-state index in [0.717, 1.165) is 23.3 Å². The highest BCUT2D eigenvalue weighted by atomic mass is 35.5. The number of pyridine rings is 1. The molecular weight excluding hydrogens is 324 g/mol. The average Bonchev–Trinajstić information content (AvgIpc) is 2.88. The molecule has 0 radical (unpaired) electrons. The molecule has 2 heterocycles. The van der Waals surface area contributed by atoms with Crippen LogP contribution in [0.5, 0.6) is 5.75 Å². The molecule has 4 nitrogen and oxygen atoms in total. The number of benzene rings is 1. The van der Waals surface area contributed by atoms with Crippen LogP contribution in [-0.4, -0.2) is 23.7 Å². The first-order valence-corrected chi connectivity index (χ1v) is 8.31. The van der Waals surface area contributed by atoms with Crippen LogP contribution in [0.25, 0.3) is 10.9 Å². The summed E-state index contributed by atoms with van der Waals surface area (Å²) in [6.45, 7) is 5.25. The molecule has 3 aromatic rings. The normalized spacial score (nSPS) is 11.2. The maximum Gasteiger partial charge on any atom is 0.138 e. The van der Waals surface area contributed by atoms with Crippen molar-refractivity contribution in [2.45, 2.75) is 26.9 Å². The van der Waals surface area contributed by atoms with Crippen LogP contribution < -0.4 is 4.74 Å². The topological polar surface area (TPSA) is 47.1 Å². The third-order valence-corrected chi connectivity index (χ3v) is 4.57. The lowest BCUT2D eigenvalue weighted by atomic mass is 10.0. The number of halogens is 1. The Morgan fingerprint density at radius 2 is 2.00 bits per heavy atom. The Hall–Kier alpha value is -2.04. The Balaban J connectivity index is 1.94. The molecule has 24 heavy (non-hydrogen) atoms. The van der Waals surface area contributed by atoms with E-state index < -0.39 is 0 Å². The number of para-hydroxylation sites is 1. The molecule has 1 aromatic carbocycles. The lowest BCUT2D eigenvalue weighted by Gasteiger charge is -2.10. The summed E-state index contributed by atoms with van der Waals surface area (Å²) in [6, 6.07) is 7.46. The van der Waals surface area contributed by atoms with Crippen molar-refractivity contribution in [1.29, 1.82) is 0 Å². The highest BCUT2D eigenvalue weighted by Gasteiger charge is 2.14.